The molecule has 0 radical (unpaired) electrons. The highest BCUT2D eigenvalue weighted by Gasteiger charge is 2.14. The monoisotopic (exact) mass is 227 g/mol. The van der Waals surface area contributed by atoms with E-state index in [-0.39, 0.29) is 0 Å². The van der Waals surface area contributed by atoms with Gasteiger partial charge in [0.05, 0.1) is 12.2 Å². The van der Waals surface area contributed by atoms with Gasteiger partial charge in [-0.3, -0.25) is 0 Å². The van der Waals surface area contributed by atoms with Crippen LogP contribution < -0.4 is 5.73 Å². The lowest BCUT2D eigenvalue weighted by Gasteiger charge is -2.09. The fourth-order valence-corrected chi connectivity index (χ4v) is 1.59. The number of nitrogen functional groups attached to an aromatic ring is 1. The number of nitrogens with two attached hydrogens (primary N) is 1. The molecule has 0 fully saturated rings. The number of halogens is 1. The molecule has 0 saturated heterocycles. The minimum Gasteiger partial charge on any atom is -0.462 e. The van der Waals surface area contributed by atoms with Crippen molar-refractivity contribution in [3.05, 3.63) is 28.3 Å². The van der Waals surface area contributed by atoms with Crippen molar-refractivity contribution in [3.63, 3.8) is 0 Å². The first kappa shape index (κ1) is 11.9. The number of hydrogen-bond acceptors (Lipinski definition) is 3. The molecule has 0 atom stereocenters. The van der Waals surface area contributed by atoms with Gasteiger partial charge in [0.1, 0.15) is 0 Å². The highest BCUT2D eigenvalue weighted by molar-refractivity contribution is 6.31. The smallest absolute Gasteiger partial charge is 0.340 e. The van der Waals surface area contributed by atoms with Gasteiger partial charge in [-0.15, -0.1) is 0 Å². The maximum atomic E-state index is 11.5. The molecule has 1 aromatic carbocycles. The van der Waals surface area contributed by atoms with Crippen LogP contribution >= 0.6 is 11.6 Å². The number of anilines is 1. The van der Waals surface area contributed by atoms with E-state index in [9.17, 15) is 4.79 Å². The van der Waals surface area contributed by atoms with Crippen LogP contribution in [0.25, 0.3) is 0 Å². The third-order valence-electron chi connectivity index (χ3n) is 2.11. The predicted octanol–water partition coefficient (Wildman–Crippen LogP) is 2.66. The molecule has 82 valence electrons. The molecule has 0 amide bonds. The van der Waals surface area contributed by atoms with E-state index in [0.29, 0.717) is 22.9 Å². The molecule has 1 rings (SSSR count). The zero-order chi connectivity index (χ0) is 11.4. The Labute approximate surface area is 94.2 Å². The van der Waals surface area contributed by atoms with Gasteiger partial charge in [0, 0.05) is 10.7 Å². The summed E-state index contributed by atoms with van der Waals surface area (Å²) in [6, 6.07) is 3.30. The fourth-order valence-electron chi connectivity index (χ4n) is 1.34. The summed E-state index contributed by atoms with van der Waals surface area (Å²) in [6.45, 7) is 4.03. The number of benzene rings is 1. The Bertz CT molecular complexity index is 377. The van der Waals surface area contributed by atoms with Crippen LogP contribution in [0.2, 0.25) is 5.02 Å². The molecular formula is C11H14ClNO2. The second-order valence-corrected chi connectivity index (χ2v) is 3.54. The molecule has 0 aliphatic heterocycles. The van der Waals surface area contributed by atoms with Gasteiger partial charge in [0.2, 0.25) is 0 Å². The van der Waals surface area contributed by atoms with Gasteiger partial charge in [-0.1, -0.05) is 18.5 Å². The van der Waals surface area contributed by atoms with E-state index in [0.717, 1.165) is 12.0 Å². The van der Waals surface area contributed by atoms with Gasteiger partial charge in [-0.05, 0) is 31.0 Å². The Balaban J connectivity index is 3.17. The Morgan fingerprint density at radius 3 is 2.67 bits per heavy atom. The summed E-state index contributed by atoms with van der Waals surface area (Å²) in [5.74, 6) is -0.424. The fraction of sp³-hybridized carbons (Fsp3) is 0.364. The number of esters is 1. The lowest BCUT2D eigenvalue weighted by molar-refractivity contribution is 0.0527. The largest absolute Gasteiger partial charge is 0.462 e. The topological polar surface area (TPSA) is 52.3 Å². The SMILES string of the molecule is CCOC(=O)c1cc(Cl)cc(CC)c1N. The van der Waals surface area contributed by atoms with Gasteiger partial charge in [-0.2, -0.15) is 0 Å². The van der Waals surface area contributed by atoms with Crippen molar-refractivity contribution in [2.45, 2.75) is 20.3 Å². The molecule has 1 aromatic rings. The van der Waals surface area contributed by atoms with Crippen LogP contribution in [-0.2, 0) is 11.2 Å². The van der Waals surface area contributed by atoms with Crippen molar-refractivity contribution in [1.82, 2.24) is 0 Å². The minimum atomic E-state index is -0.424. The van der Waals surface area contributed by atoms with Gasteiger partial charge in [0.15, 0.2) is 0 Å². The standard InChI is InChI=1S/C11H14ClNO2/c1-3-7-5-8(12)6-9(10(7)13)11(14)15-4-2/h5-6H,3-4,13H2,1-2H3. The zero-order valence-electron chi connectivity index (χ0n) is 8.84. The van der Waals surface area contributed by atoms with Crippen molar-refractivity contribution < 1.29 is 9.53 Å². The van der Waals surface area contributed by atoms with Crippen LogP contribution in [0.15, 0.2) is 12.1 Å². The highest BCUT2D eigenvalue weighted by atomic mass is 35.5. The second-order valence-electron chi connectivity index (χ2n) is 3.10. The molecule has 0 aromatic heterocycles. The van der Waals surface area contributed by atoms with Crippen molar-refractivity contribution >= 4 is 23.3 Å². The van der Waals surface area contributed by atoms with Crippen molar-refractivity contribution in [2.24, 2.45) is 0 Å². The molecule has 0 heterocycles. The number of hydrogen-bond donors (Lipinski definition) is 1. The molecule has 15 heavy (non-hydrogen) atoms. The van der Waals surface area contributed by atoms with E-state index in [4.69, 9.17) is 22.1 Å². The molecule has 0 aliphatic rings. The number of ether oxygens (including phenoxy) is 1. The van der Waals surface area contributed by atoms with Crippen LogP contribution in [0.4, 0.5) is 5.69 Å². The van der Waals surface area contributed by atoms with Gasteiger partial charge in [-0.25, -0.2) is 4.79 Å². The molecular weight excluding hydrogens is 214 g/mol. The van der Waals surface area contributed by atoms with E-state index in [1.807, 2.05) is 6.92 Å². The van der Waals surface area contributed by atoms with Crippen LogP contribution in [0, 0.1) is 0 Å². The summed E-state index contributed by atoms with van der Waals surface area (Å²) in [6.07, 6.45) is 0.735. The summed E-state index contributed by atoms with van der Waals surface area (Å²) >= 11 is 5.88. The van der Waals surface area contributed by atoms with Crippen LogP contribution in [-0.4, -0.2) is 12.6 Å². The molecule has 2 N–H and O–H groups in total. The Kier molecular flexibility index (Phi) is 3.97. The average Bonchev–Trinajstić information content (AvgIpc) is 2.21. The Morgan fingerprint density at radius 2 is 2.13 bits per heavy atom. The number of rotatable bonds is 3. The van der Waals surface area contributed by atoms with Crippen molar-refractivity contribution in [2.75, 3.05) is 12.3 Å². The predicted molar refractivity (Wildman–Crippen MR) is 61.2 cm³/mol. The van der Waals surface area contributed by atoms with Crippen molar-refractivity contribution in [1.29, 1.82) is 0 Å². The summed E-state index contributed by atoms with van der Waals surface area (Å²) in [7, 11) is 0. The molecule has 0 aliphatic carbocycles. The number of aryl methyl sites for hydroxylation is 1. The Hall–Kier alpha value is -1.22. The molecule has 4 heteroatoms. The Morgan fingerprint density at radius 1 is 1.47 bits per heavy atom. The van der Waals surface area contributed by atoms with Gasteiger partial charge >= 0.3 is 5.97 Å². The third-order valence-corrected chi connectivity index (χ3v) is 2.32. The first-order valence-corrected chi connectivity index (χ1v) is 5.23. The zero-order valence-corrected chi connectivity index (χ0v) is 9.60. The number of carbonyl (C=O) groups excluding carboxylic acids is 1. The van der Waals surface area contributed by atoms with Gasteiger partial charge in [0.25, 0.3) is 0 Å². The lowest BCUT2D eigenvalue weighted by Crippen LogP contribution is -2.09. The second kappa shape index (κ2) is 5.03. The average molecular weight is 228 g/mol. The summed E-state index contributed by atoms with van der Waals surface area (Å²) in [5.41, 5.74) is 7.51. The van der Waals surface area contributed by atoms with E-state index in [2.05, 4.69) is 0 Å². The molecule has 0 saturated carbocycles. The quantitative estimate of drug-likeness (QED) is 0.638. The molecule has 0 bridgehead atoms. The summed E-state index contributed by atoms with van der Waals surface area (Å²) in [4.78, 5) is 11.5. The molecule has 0 unspecified atom stereocenters. The first-order valence-electron chi connectivity index (χ1n) is 4.85. The van der Waals surface area contributed by atoms with Crippen LogP contribution in [0.5, 0.6) is 0 Å². The summed E-state index contributed by atoms with van der Waals surface area (Å²) in [5, 5.41) is 0.504. The van der Waals surface area contributed by atoms with E-state index in [1.165, 1.54) is 6.07 Å². The van der Waals surface area contributed by atoms with Gasteiger partial charge < -0.3 is 10.5 Å². The van der Waals surface area contributed by atoms with Crippen LogP contribution in [0.3, 0.4) is 0 Å². The summed E-state index contributed by atoms with van der Waals surface area (Å²) < 4.78 is 4.89. The van der Waals surface area contributed by atoms with E-state index < -0.39 is 5.97 Å². The maximum Gasteiger partial charge on any atom is 0.340 e. The highest BCUT2D eigenvalue weighted by Crippen LogP contribution is 2.24. The first-order chi connectivity index (χ1) is 7.10. The normalized spacial score (nSPS) is 10.1. The molecule has 0 spiro atoms. The van der Waals surface area contributed by atoms with Crippen LogP contribution in [0.1, 0.15) is 29.8 Å². The third kappa shape index (κ3) is 2.63. The maximum absolute atomic E-state index is 11.5. The van der Waals surface area contributed by atoms with E-state index in [1.54, 1.807) is 13.0 Å². The molecule has 3 nitrogen and oxygen atoms in total. The minimum absolute atomic E-state index is 0.326. The number of carbonyl (C=O) groups is 1. The lowest BCUT2D eigenvalue weighted by atomic mass is 10.1. The van der Waals surface area contributed by atoms with E-state index >= 15 is 0 Å². The van der Waals surface area contributed by atoms with Crippen molar-refractivity contribution in [3.8, 4) is 0 Å².